The van der Waals surface area contributed by atoms with E-state index in [9.17, 15) is 9.90 Å². The predicted molar refractivity (Wildman–Crippen MR) is 47.5 cm³/mol. The molecule has 1 heterocycles. The summed E-state index contributed by atoms with van der Waals surface area (Å²) in [7, 11) is 0. The number of carbonyl (C=O) groups is 1. The Balaban J connectivity index is 2.46. The first-order valence-corrected chi connectivity index (χ1v) is 4.63. The molecule has 1 aliphatic heterocycles. The number of aliphatic hydroxyl groups is 1. The van der Waals surface area contributed by atoms with Crippen LogP contribution in [0.3, 0.4) is 0 Å². The summed E-state index contributed by atoms with van der Waals surface area (Å²) in [4.78, 5) is 11.1. The maximum absolute atomic E-state index is 11.1. The van der Waals surface area contributed by atoms with Crippen molar-refractivity contribution in [3.8, 4) is 0 Å². The first kappa shape index (κ1) is 11.4. The standard InChI is InChI=1S/C9H16O5/c1-4-12-8(11)7(10)6-5-13-9(2,3)14-6/h6-7,10H,4-5H2,1-3H3/t6-,7?/m1/s1. The van der Waals surface area contributed by atoms with Gasteiger partial charge in [0, 0.05) is 0 Å². The number of carbonyl (C=O) groups excluding carboxylic acids is 1. The maximum Gasteiger partial charge on any atom is 0.337 e. The van der Waals surface area contributed by atoms with Gasteiger partial charge in [0.15, 0.2) is 11.9 Å². The Morgan fingerprint density at radius 3 is 2.79 bits per heavy atom. The smallest absolute Gasteiger partial charge is 0.337 e. The first-order chi connectivity index (χ1) is 6.46. The Morgan fingerprint density at radius 2 is 2.36 bits per heavy atom. The fourth-order valence-corrected chi connectivity index (χ4v) is 1.25. The van der Waals surface area contributed by atoms with Crippen molar-refractivity contribution < 1.29 is 24.1 Å². The number of esters is 1. The summed E-state index contributed by atoms with van der Waals surface area (Å²) >= 11 is 0. The zero-order valence-corrected chi connectivity index (χ0v) is 8.65. The molecule has 1 unspecified atom stereocenters. The van der Waals surface area contributed by atoms with Crippen molar-refractivity contribution in [1.29, 1.82) is 0 Å². The molecule has 2 atom stereocenters. The van der Waals surface area contributed by atoms with Crippen LogP contribution in [0.2, 0.25) is 0 Å². The van der Waals surface area contributed by atoms with E-state index >= 15 is 0 Å². The Hall–Kier alpha value is -0.650. The first-order valence-electron chi connectivity index (χ1n) is 4.63. The van der Waals surface area contributed by atoms with Gasteiger partial charge < -0.3 is 19.3 Å². The minimum atomic E-state index is -1.27. The molecule has 1 aliphatic rings. The number of rotatable bonds is 3. The Kier molecular flexibility index (Phi) is 3.47. The van der Waals surface area contributed by atoms with Crippen molar-refractivity contribution in [3.05, 3.63) is 0 Å². The molecular formula is C9H16O5. The molecule has 1 rings (SSSR count). The van der Waals surface area contributed by atoms with Crippen molar-refractivity contribution in [3.63, 3.8) is 0 Å². The van der Waals surface area contributed by atoms with Crippen LogP contribution < -0.4 is 0 Å². The van der Waals surface area contributed by atoms with E-state index in [0.29, 0.717) is 0 Å². The third-order valence-electron chi connectivity index (χ3n) is 1.91. The highest BCUT2D eigenvalue weighted by molar-refractivity contribution is 5.75. The molecule has 0 aromatic rings. The summed E-state index contributed by atoms with van der Waals surface area (Å²) in [6.45, 7) is 5.58. The van der Waals surface area contributed by atoms with E-state index in [-0.39, 0.29) is 13.2 Å². The van der Waals surface area contributed by atoms with E-state index in [4.69, 9.17) is 9.47 Å². The van der Waals surface area contributed by atoms with Gasteiger partial charge in [0.2, 0.25) is 0 Å². The highest BCUT2D eigenvalue weighted by Crippen LogP contribution is 2.24. The average molecular weight is 204 g/mol. The van der Waals surface area contributed by atoms with Crippen molar-refractivity contribution >= 4 is 5.97 Å². The molecule has 0 aromatic carbocycles. The van der Waals surface area contributed by atoms with Gasteiger partial charge in [-0.2, -0.15) is 0 Å². The normalized spacial score (nSPS) is 27.3. The van der Waals surface area contributed by atoms with E-state index in [2.05, 4.69) is 4.74 Å². The highest BCUT2D eigenvalue weighted by atomic mass is 16.7. The summed E-state index contributed by atoms with van der Waals surface area (Å²) in [5.74, 6) is -1.41. The maximum atomic E-state index is 11.1. The second-order valence-electron chi connectivity index (χ2n) is 3.56. The molecule has 82 valence electrons. The predicted octanol–water partition coefficient (Wildman–Crippen LogP) is 0.0619. The molecular weight excluding hydrogens is 188 g/mol. The van der Waals surface area contributed by atoms with Gasteiger partial charge in [0.1, 0.15) is 6.10 Å². The molecule has 0 spiro atoms. The minimum Gasteiger partial charge on any atom is -0.464 e. The lowest BCUT2D eigenvalue weighted by atomic mass is 10.2. The zero-order valence-electron chi connectivity index (χ0n) is 8.65. The lowest BCUT2D eigenvalue weighted by molar-refractivity contribution is -0.172. The third kappa shape index (κ3) is 2.67. The molecule has 0 aromatic heterocycles. The minimum absolute atomic E-state index is 0.201. The summed E-state index contributed by atoms with van der Waals surface area (Å²) in [6.07, 6.45) is -1.90. The van der Waals surface area contributed by atoms with Gasteiger partial charge >= 0.3 is 5.97 Å². The fraction of sp³-hybridized carbons (Fsp3) is 0.889. The van der Waals surface area contributed by atoms with Gasteiger partial charge in [-0.05, 0) is 20.8 Å². The molecule has 14 heavy (non-hydrogen) atoms. The topological polar surface area (TPSA) is 65.0 Å². The third-order valence-corrected chi connectivity index (χ3v) is 1.91. The lowest BCUT2D eigenvalue weighted by Crippen LogP contribution is -2.38. The fourth-order valence-electron chi connectivity index (χ4n) is 1.25. The Bertz CT molecular complexity index is 213. The number of hydrogen-bond donors (Lipinski definition) is 1. The second-order valence-corrected chi connectivity index (χ2v) is 3.56. The van der Waals surface area contributed by atoms with Gasteiger partial charge in [0.25, 0.3) is 0 Å². The lowest BCUT2D eigenvalue weighted by Gasteiger charge is -2.19. The quantitative estimate of drug-likeness (QED) is 0.659. The summed E-state index contributed by atoms with van der Waals surface area (Å²) < 4.78 is 15.2. The molecule has 1 saturated heterocycles. The molecule has 0 amide bonds. The van der Waals surface area contributed by atoms with Crippen molar-refractivity contribution in [2.45, 2.75) is 38.8 Å². The summed E-state index contributed by atoms with van der Waals surface area (Å²) in [5.41, 5.74) is 0. The molecule has 5 heteroatoms. The van der Waals surface area contributed by atoms with Crippen molar-refractivity contribution in [2.75, 3.05) is 13.2 Å². The number of hydrogen-bond acceptors (Lipinski definition) is 5. The Labute approximate surface area is 82.9 Å². The van der Waals surface area contributed by atoms with Crippen LogP contribution in [0.15, 0.2) is 0 Å². The van der Waals surface area contributed by atoms with E-state index in [0.717, 1.165) is 0 Å². The van der Waals surface area contributed by atoms with E-state index < -0.39 is 24.0 Å². The SMILES string of the molecule is CCOC(=O)C(O)[C@H]1COC(C)(C)O1. The Morgan fingerprint density at radius 1 is 1.71 bits per heavy atom. The number of ether oxygens (including phenoxy) is 3. The molecule has 1 N–H and O–H groups in total. The van der Waals surface area contributed by atoms with Crippen molar-refractivity contribution in [1.82, 2.24) is 0 Å². The monoisotopic (exact) mass is 204 g/mol. The van der Waals surface area contributed by atoms with Crippen LogP contribution in [0, 0.1) is 0 Å². The van der Waals surface area contributed by atoms with E-state index in [1.807, 2.05) is 0 Å². The van der Waals surface area contributed by atoms with Crippen LogP contribution >= 0.6 is 0 Å². The van der Waals surface area contributed by atoms with Crippen LogP contribution in [0.1, 0.15) is 20.8 Å². The van der Waals surface area contributed by atoms with Crippen molar-refractivity contribution in [2.24, 2.45) is 0 Å². The largest absolute Gasteiger partial charge is 0.464 e. The molecule has 5 nitrogen and oxygen atoms in total. The second kappa shape index (κ2) is 4.25. The molecule has 0 saturated carbocycles. The van der Waals surface area contributed by atoms with Gasteiger partial charge in [-0.3, -0.25) is 0 Å². The molecule has 1 fully saturated rings. The van der Waals surface area contributed by atoms with Gasteiger partial charge in [-0.1, -0.05) is 0 Å². The van der Waals surface area contributed by atoms with Crippen LogP contribution in [-0.2, 0) is 19.0 Å². The number of aliphatic hydroxyl groups excluding tert-OH is 1. The van der Waals surface area contributed by atoms with Crippen LogP contribution in [-0.4, -0.2) is 42.3 Å². The van der Waals surface area contributed by atoms with E-state index in [1.165, 1.54) is 0 Å². The van der Waals surface area contributed by atoms with Gasteiger partial charge in [0.05, 0.1) is 13.2 Å². The summed E-state index contributed by atoms with van der Waals surface area (Å²) in [6, 6.07) is 0. The van der Waals surface area contributed by atoms with Gasteiger partial charge in [-0.15, -0.1) is 0 Å². The summed E-state index contributed by atoms with van der Waals surface area (Å²) in [5, 5.41) is 9.50. The zero-order chi connectivity index (χ0) is 10.8. The van der Waals surface area contributed by atoms with E-state index in [1.54, 1.807) is 20.8 Å². The highest BCUT2D eigenvalue weighted by Gasteiger charge is 2.40. The molecule has 0 radical (unpaired) electrons. The molecule has 0 bridgehead atoms. The van der Waals surface area contributed by atoms with Crippen LogP contribution in [0.5, 0.6) is 0 Å². The van der Waals surface area contributed by atoms with Gasteiger partial charge in [-0.25, -0.2) is 4.79 Å². The average Bonchev–Trinajstić information content (AvgIpc) is 2.45. The molecule has 0 aliphatic carbocycles. The van der Waals surface area contributed by atoms with Crippen LogP contribution in [0.4, 0.5) is 0 Å². The van der Waals surface area contributed by atoms with Crippen LogP contribution in [0.25, 0.3) is 0 Å².